The Morgan fingerprint density at radius 2 is 1.80 bits per heavy atom. The maximum atomic E-state index is 12.8. The van der Waals surface area contributed by atoms with Crippen LogP contribution in [0.5, 0.6) is 11.5 Å². The number of amides is 1. The number of hydrogen-bond acceptors (Lipinski definition) is 6. The van der Waals surface area contributed by atoms with Crippen LogP contribution < -0.4 is 14.9 Å². The third kappa shape index (κ3) is 7.29. The van der Waals surface area contributed by atoms with Crippen LogP contribution in [0.2, 0.25) is 0 Å². The molecule has 3 aromatic rings. The van der Waals surface area contributed by atoms with Crippen LogP contribution in [0, 0.1) is 10.1 Å². The molecule has 1 amide bonds. The molecule has 1 N–H and O–H groups in total. The molecule has 0 saturated heterocycles. The molecule has 11 heteroatoms. The lowest BCUT2D eigenvalue weighted by Crippen LogP contribution is -2.20. The molecule has 0 atom stereocenters. The number of carbonyl (C=O) groups excluding carboxylic acids is 1. The molecule has 0 spiro atoms. The molecule has 35 heavy (non-hydrogen) atoms. The summed E-state index contributed by atoms with van der Waals surface area (Å²) in [5.74, 6) is 0.184. The van der Waals surface area contributed by atoms with Gasteiger partial charge in [-0.1, -0.05) is 30.3 Å². The summed E-state index contributed by atoms with van der Waals surface area (Å²) in [6.07, 6.45) is -3.41. The van der Waals surface area contributed by atoms with Gasteiger partial charge in [0, 0.05) is 12.1 Å². The molecular weight excluding hydrogens is 467 g/mol. The first-order valence-corrected chi connectivity index (χ1v) is 10.2. The summed E-state index contributed by atoms with van der Waals surface area (Å²) >= 11 is 0. The number of methoxy groups -OCH3 is 1. The number of nitro groups is 1. The fourth-order valence-corrected chi connectivity index (χ4v) is 3.07. The second-order valence-electron chi connectivity index (χ2n) is 7.29. The van der Waals surface area contributed by atoms with E-state index in [1.165, 1.54) is 37.6 Å². The van der Waals surface area contributed by atoms with E-state index in [-0.39, 0.29) is 24.3 Å². The fraction of sp³-hybridized carbons (Fsp3) is 0.167. The van der Waals surface area contributed by atoms with Gasteiger partial charge in [-0.2, -0.15) is 18.3 Å². The normalized spacial score (nSPS) is 11.3. The number of nitrogens with zero attached hydrogens (tertiary/aromatic N) is 2. The summed E-state index contributed by atoms with van der Waals surface area (Å²) < 4.78 is 49.4. The number of halogens is 3. The van der Waals surface area contributed by atoms with Gasteiger partial charge in [0.2, 0.25) is 5.91 Å². The molecule has 0 aliphatic heterocycles. The Morgan fingerprint density at radius 1 is 1.06 bits per heavy atom. The van der Waals surface area contributed by atoms with E-state index < -0.39 is 22.6 Å². The number of non-ortho nitro benzene ring substituents is 1. The van der Waals surface area contributed by atoms with E-state index in [0.29, 0.717) is 22.6 Å². The Labute approximate surface area is 198 Å². The van der Waals surface area contributed by atoms with Crippen LogP contribution in [0.3, 0.4) is 0 Å². The van der Waals surface area contributed by atoms with Gasteiger partial charge in [-0.25, -0.2) is 5.43 Å². The van der Waals surface area contributed by atoms with Crippen LogP contribution in [0.4, 0.5) is 18.9 Å². The van der Waals surface area contributed by atoms with Crippen LogP contribution in [0.1, 0.15) is 22.3 Å². The lowest BCUT2D eigenvalue weighted by Gasteiger charge is -2.11. The molecule has 0 radical (unpaired) electrons. The topological polar surface area (TPSA) is 103 Å². The highest BCUT2D eigenvalue weighted by atomic mass is 19.4. The van der Waals surface area contributed by atoms with Gasteiger partial charge >= 0.3 is 6.18 Å². The molecular formula is C24H20F3N3O5. The zero-order valence-corrected chi connectivity index (χ0v) is 18.4. The van der Waals surface area contributed by atoms with E-state index in [1.807, 2.05) is 0 Å². The first-order valence-electron chi connectivity index (χ1n) is 10.2. The average molecular weight is 487 g/mol. The number of hydrazone groups is 1. The third-order valence-corrected chi connectivity index (χ3v) is 4.73. The van der Waals surface area contributed by atoms with Crippen molar-refractivity contribution < 1.29 is 32.4 Å². The van der Waals surface area contributed by atoms with Crippen molar-refractivity contribution in [2.45, 2.75) is 19.2 Å². The highest BCUT2D eigenvalue weighted by molar-refractivity contribution is 5.84. The maximum Gasteiger partial charge on any atom is 0.416 e. The van der Waals surface area contributed by atoms with Crippen LogP contribution in [-0.2, 0) is 24.0 Å². The van der Waals surface area contributed by atoms with Gasteiger partial charge in [0.15, 0.2) is 11.5 Å². The summed E-state index contributed by atoms with van der Waals surface area (Å²) in [7, 11) is 1.44. The summed E-state index contributed by atoms with van der Waals surface area (Å²) in [4.78, 5) is 22.4. The number of nitro benzene ring substituents is 1. The van der Waals surface area contributed by atoms with Gasteiger partial charge in [-0.3, -0.25) is 14.9 Å². The molecule has 0 unspecified atom stereocenters. The third-order valence-electron chi connectivity index (χ3n) is 4.73. The van der Waals surface area contributed by atoms with Gasteiger partial charge < -0.3 is 9.47 Å². The standard InChI is InChI=1S/C24H20F3N3O5/c1-34-22-12-17(8-9-21(22)35-15-18-5-3-7-20(11-18)30(32)33)14-28-29-23(31)13-16-4-2-6-19(10-16)24(25,26)27/h2-12,14H,13,15H2,1H3,(H,29,31)/b28-14+. The van der Waals surface area contributed by atoms with Crippen molar-refractivity contribution in [1.29, 1.82) is 0 Å². The SMILES string of the molecule is COc1cc(/C=N/NC(=O)Cc2cccc(C(F)(F)F)c2)ccc1OCc1cccc([N+](=O)[O-])c1. The summed E-state index contributed by atoms with van der Waals surface area (Å²) in [5.41, 5.74) is 2.78. The lowest BCUT2D eigenvalue weighted by molar-refractivity contribution is -0.384. The smallest absolute Gasteiger partial charge is 0.416 e. The van der Waals surface area contributed by atoms with Gasteiger partial charge in [0.05, 0.1) is 30.2 Å². The number of rotatable bonds is 9. The molecule has 182 valence electrons. The van der Waals surface area contributed by atoms with Gasteiger partial charge in [-0.05, 0) is 41.0 Å². The van der Waals surface area contributed by atoms with Crippen molar-refractivity contribution in [3.63, 3.8) is 0 Å². The predicted molar refractivity (Wildman–Crippen MR) is 121 cm³/mol. The van der Waals surface area contributed by atoms with E-state index in [0.717, 1.165) is 12.1 Å². The van der Waals surface area contributed by atoms with Crippen LogP contribution in [0.25, 0.3) is 0 Å². The van der Waals surface area contributed by atoms with Crippen LogP contribution in [-0.4, -0.2) is 24.2 Å². The second-order valence-corrected chi connectivity index (χ2v) is 7.29. The summed E-state index contributed by atoms with van der Waals surface area (Å²) in [5, 5.41) is 14.7. The molecule has 0 aromatic heterocycles. The zero-order valence-electron chi connectivity index (χ0n) is 18.4. The molecule has 3 aromatic carbocycles. The minimum Gasteiger partial charge on any atom is -0.493 e. The van der Waals surface area contributed by atoms with E-state index in [2.05, 4.69) is 10.5 Å². The Kier molecular flexibility index (Phi) is 8.03. The second kappa shape index (κ2) is 11.1. The number of carbonyl (C=O) groups is 1. The Bertz CT molecular complexity index is 1250. The molecule has 0 heterocycles. The van der Waals surface area contributed by atoms with Crippen molar-refractivity contribution in [2.24, 2.45) is 5.10 Å². The van der Waals surface area contributed by atoms with Crippen molar-refractivity contribution in [2.75, 3.05) is 7.11 Å². The van der Waals surface area contributed by atoms with E-state index in [9.17, 15) is 28.1 Å². The van der Waals surface area contributed by atoms with Crippen molar-refractivity contribution in [3.05, 3.63) is 99.1 Å². The minimum atomic E-state index is -4.49. The van der Waals surface area contributed by atoms with Gasteiger partial charge in [-0.15, -0.1) is 0 Å². The number of alkyl halides is 3. The van der Waals surface area contributed by atoms with Crippen molar-refractivity contribution in [3.8, 4) is 11.5 Å². The first kappa shape index (κ1) is 25.2. The van der Waals surface area contributed by atoms with E-state index >= 15 is 0 Å². The average Bonchev–Trinajstić information content (AvgIpc) is 2.83. The number of benzene rings is 3. The lowest BCUT2D eigenvalue weighted by atomic mass is 10.1. The fourth-order valence-electron chi connectivity index (χ4n) is 3.07. The highest BCUT2D eigenvalue weighted by Gasteiger charge is 2.30. The maximum absolute atomic E-state index is 12.8. The molecule has 0 fully saturated rings. The number of nitrogens with one attached hydrogen (secondary N) is 1. The predicted octanol–water partition coefficient (Wildman–Crippen LogP) is 4.89. The van der Waals surface area contributed by atoms with Crippen LogP contribution >= 0.6 is 0 Å². The summed E-state index contributed by atoms with van der Waals surface area (Å²) in [6.45, 7) is 0.0804. The molecule has 0 saturated carbocycles. The van der Waals surface area contributed by atoms with Crippen LogP contribution in [0.15, 0.2) is 71.8 Å². The van der Waals surface area contributed by atoms with Crippen molar-refractivity contribution in [1.82, 2.24) is 5.43 Å². The molecule has 3 rings (SSSR count). The quantitative estimate of drug-likeness (QED) is 0.263. The first-order chi connectivity index (χ1) is 16.7. The summed E-state index contributed by atoms with van der Waals surface area (Å²) in [6, 6.07) is 15.4. The minimum absolute atomic E-state index is 0.0419. The van der Waals surface area contributed by atoms with Gasteiger partial charge in [0.1, 0.15) is 6.61 Å². The largest absolute Gasteiger partial charge is 0.493 e. The number of ether oxygens (including phenoxy) is 2. The Balaban J connectivity index is 1.59. The molecule has 0 bridgehead atoms. The van der Waals surface area contributed by atoms with Crippen molar-refractivity contribution >= 4 is 17.8 Å². The Hall–Kier alpha value is -4.41. The molecule has 0 aliphatic rings. The molecule has 8 nitrogen and oxygen atoms in total. The highest BCUT2D eigenvalue weighted by Crippen LogP contribution is 2.30. The Morgan fingerprint density at radius 3 is 2.51 bits per heavy atom. The monoisotopic (exact) mass is 487 g/mol. The molecule has 0 aliphatic carbocycles. The van der Waals surface area contributed by atoms with Gasteiger partial charge in [0.25, 0.3) is 5.69 Å². The van der Waals surface area contributed by atoms with E-state index in [4.69, 9.17) is 9.47 Å². The number of hydrogen-bond donors (Lipinski definition) is 1. The van der Waals surface area contributed by atoms with E-state index in [1.54, 1.807) is 30.3 Å². The zero-order chi connectivity index (χ0) is 25.4.